The molecule has 3 rings (SSSR count). The van der Waals surface area contributed by atoms with Gasteiger partial charge in [-0.3, -0.25) is 0 Å². The van der Waals surface area contributed by atoms with Crippen LogP contribution in [0.25, 0.3) is 0 Å². The third-order valence-electron chi connectivity index (χ3n) is 4.15. The summed E-state index contributed by atoms with van der Waals surface area (Å²) in [5, 5.41) is 0. The Hall–Kier alpha value is -1.52. The summed E-state index contributed by atoms with van der Waals surface area (Å²) in [4.78, 5) is 0. The van der Waals surface area contributed by atoms with Crippen molar-refractivity contribution in [1.82, 2.24) is 0 Å². The third kappa shape index (κ3) is 3.13. The van der Waals surface area contributed by atoms with Crippen LogP contribution in [0.1, 0.15) is 47.1 Å². The van der Waals surface area contributed by atoms with Crippen LogP contribution in [-0.2, 0) is 6.18 Å². The van der Waals surface area contributed by atoms with E-state index in [2.05, 4.69) is 0 Å². The van der Waals surface area contributed by atoms with Crippen molar-refractivity contribution < 1.29 is 13.2 Å². The van der Waals surface area contributed by atoms with E-state index in [1.54, 1.807) is 6.07 Å². The van der Waals surface area contributed by atoms with E-state index >= 15 is 0 Å². The van der Waals surface area contributed by atoms with E-state index < -0.39 is 11.7 Å². The molecule has 2 N–H and O–H groups in total. The number of alkyl halides is 3. The number of benzene rings is 2. The first kappa shape index (κ1) is 16.8. The molecule has 0 aromatic heterocycles. The second-order valence-corrected chi connectivity index (χ2v) is 5.49. The molecule has 0 heterocycles. The van der Waals surface area contributed by atoms with Crippen LogP contribution < -0.4 is 5.73 Å². The second kappa shape index (κ2) is 6.31. The lowest BCUT2D eigenvalue weighted by Crippen LogP contribution is -2.21. The molecule has 118 valence electrons. The van der Waals surface area contributed by atoms with Crippen molar-refractivity contribution in [2.45, 2.75) is 31.0 Å². The van der Waals surface area contributed by atoms with E-state index in [4.69, 9.17) is 5.73 Å². The van der Waals surface area contributed by atoms with Gasteiger partial charge >= 0.3 is 6.18 Å². The van der Waals surface area contributed by atoms with Crippen molar-refractivity contribution in [3.8, 4) is 0 Å². The van der Waals surface area contributed by atoms with E-state index in [9.17, 15) is 13.2 Å². The van der Waals surface area contributed by atoms with Crippen LogP contribution in [-0.4, -0.2) is 0 Å². The van der Waals surface area contributed by atoms with Gasteiger partial charge in [0, 0.05) is 12.0 Å². The molecule has 2 atom stereocenters. The predicted molar refractivity (Wildman–Crippen MR) is 83.1 cm³/mol. The van der Waals surface area contributed by atoms with Crippen LogP contribution in [0.3, 0.4) is 0 Å². The minimum absolute atomic E-state index is 0. The van der Waals surface area contributed by atoms with Crippen LogP contribution in [0.4, 0.5) is 13.2 Å². The fourth-order valence-electron chi connectivity index (χ4n) is 3.10. The molecule has 0 unspecified atom stereocenters. The molecule has 22 heavy (non-hydrogen) atoms. The lowest BCUT2D eigenvalue weighted by molar-refractivity contribution is -0.137. The van der Waals surface area contributed by atoms with Crippen molar-refractivity contribution in [3.05, 3.63) is 70.8 Å². The van der Waals surface area contributed by atoms with E-state index in [-0.39, 0.29) is 24.4 Å². The highest BCUT2D eigenvalue weighted by Crippen LogP contribution is 2.41. The Labute approximate surface area is 133 Å². The lowest BCUT2D eigenvalue weighted by Gasteiger charge is -2.30. The van der Waals surface area contributed by atoms with E-state index in [1.165, 1.54) is 12.1 Å². The van der Waals surface area contributed by atoms with Crippen molar-refractivity contribution in [3.63, 3.8) is 0 Å². The Morgan fingerprint density at radius 1 is 0.909 bits per heavy atom. The molecule has 0 aliphatic heterocycles. The molecule has 0 radical (unpaired) electrons. The van der Waals surface area contributed by atoms with E-state index in [1.807, 2.05) is 24.3 Å². The molecular weight excluding hydrogens is 311 g/mol. The quantitative estimate of drug-likeness (QED) is 0.779. The molecule has 5 heteroatoms. The summed E-state index contributed by atoms with van der Waals surface area (Å²) in [5.74, 6) is -0.0108. The van der Waals surface area contributed by atoms with Gasteiger partial charge < -0.3 is 5.73 Å². The van der Waals surface area contributed by atoms with Gasteiger partial charge in [-0.2, -0.15) is 13.2 Å². The van der Waals surface area contributed by atoms with Gasteiger partial charge in [-0.25, -0.2) is 0 Å². The van der Waals surface area contributed by atoms with Gasteiger partial charge in [0.05, 0.1) is 5.56 Å². The third-order valence-corrected chi connectivity index (χ3v) is 4.15. The van der Waals surface area contributed by atoms with E-state index in [0.717, 1.165) is 30.0 Å². The Balaban J connectivity index is 0.00000176. The lowest BCUT2D eigenvalue weighted by atomic mass is 9.77. The minimum Gasteiger partial charge on any atom is -0.324 e. The molecule has 0 bridgehead atoms. The predicted octanol–water partition coefficient (Wildman–Crippen LogP) is 5.05. The number of hydrogen-bond acceptors (Lipinski definition) is 1. The number of nitrogens with two attached hydrogens (primary N) is 1. The van der Waals surface area contributed by atoms with Gasteiger partial charge in [0.2, 0.25) is 0 Å². The highest BCUT2D eigenvalue weighted by molar-refractivity contribution is 5.85. The van der Waals surface area contributed by atoms with Gasteiger partial charge in [-0.1, -0.05) is 42.5 Å². The van der Waals surface area contributed by atoms with Gasteiger partial charge in [0.25, 0.3) is 0 Å². The van der Waals surface area contributed by atoms with Crippen molar-refractivity contribution >= 4 is 12.4 Å². The Bertz CT molecular complexity index is 654. The van der Waals surface area contributed by atoms with Crippen LogP contribution in [0.15, 0.2) is 48.5 Å². The zero-order chi connectivity index (χ0) is 15.0. The first-order valence-electron chi connectivity index (χ1n) is 6.98. The van der Waals surface area contributed by atoms with E-state index in [0.29, 0.717) is 5.56 Å². The molecule has 2 aromatic carbocycles. The summed E-state index contributed by atoms with van der Waals surface area (Å²) in [6.07, 6.45) is -2.74. The maximum absolute atomic E-state index is 12.9. The molecule has 0 saturated carbocycles. The van der Waals surface area contributed by atoms with Gasteiger partial charge in [-0.05, 0) is 35.6 Å². The summed E-state index contributed by atoms with van der Waals surface area (Å²) in [6, 6.07) is 13.4. The maximum Gasteiger partial charge on any atom is 0.416 e. The molecule has 0 fully saturated rings. The first-order chi connectivity index (χ1) is 9.97. The molecule has 0 amide bonds. The maximum atomic E-state index is 12.9. The average molecular weight is 328 g/mol. The minimum atomic E-state index is -4.30. The summed E-state index contributed by atoms with van der Waals surface area (Å²) in [5.41, 5.74) is 8.33. The number of halogens is 4. The second-order valence-electron chi connectivity index (χ2n) is 5.49. The van der Waals surface area contributed by atoms with Crippen molar-refractivity contribution in [1.29, 1.82) is 0 Å². The Morgan fingerprint density at radius 2 is 1.59 bits per heavy atom. The van der Waals surface area contributed by atoms with Crippen LogP contribution in [0.2, 0.25) is 0 Å². The fraction of sp³-hybridized carbons (Fsp3) is 0.294. The Kier molecular flexibility index (Phi) is 4.83. The largest absolute Gasteiger partial charge is 0.416 e. The average Bonchev–Trinajstić information content (AvgIpc) is 2.47. The van der Waals surface area contributed by atoms with Gasteiger partial charge in [0.15, 0.2) is 0 Å². The zero-order valence-electron chi connectivity index (χ0n) is 11.8. The van der Waals surface area contributed by atoms with Crippen molar-refractivity contribution in [2.24, 2.45) is 5.73 Å². The first-order valence-corrected chi connectivity index (χ1v) is 6.98. The molecule has 0 saturated heterocycles. The van der Waals surface area contributed by atoms with Crippen LogP contribution in [0, 0.1) is 0 Å². The smallest absolute Gasteiger partial charge is 0.324 e. The molecular formula is C17H17ClF3N. The molecule has 1 aliphatic carbocycles. The normalized spacial score (nSPS) is 20.9. The summed E-state index contributed by atoms with van der Waals surface area (Å²) in [7, 11) is 0. The topological polar surface area (TPSA) is 26.0 Å². The van der Waals surface area contributed by atoms with Gasteiger partial charge in [-0.15, -0.1) is 12.4 Å². The number of hydrogen-bond donors (Lipinski definition) is 1. The van der Waals surface area contributed by atoms with Gasteiger partial charge in [0.1, 0.15) is 0 Å². The van der Waals surface area contributed by atoms with Crippen LogP contribution >= 0.6 is 12.4 Å². The standard InChI is InChI=1S/C17H16F3N.ClH/c18-17(19,20)12-5-3-4-11(10-12)13-8-9-16(21)15-7-2-1-6-14(13)15;/h1-7,10,13,16H,8-9,21H2;1H/t13-,16-;/m0./s1. The molecule has 1 nitrogen and oxygen atoms in total. The molecule has 1 aliphatic rings. The zero-order valence-corrected chi connectivity index (χ0v) is 12.6. The summed E-state index contributed by atoms with van der Waals surface area (Å²) < 4.78 is 38.6. The Morgan fingerprint density at radius 3 is 2.27 bits per heavy atom. The highest BCUT2D eigenvalue weighted by atomic mass is 35.5. The SMILES string of the molecule is Cl.N[C@H]1CC[C@@H](c2cccc(C(F)(F)F)c2)c2ccccc21. The molecule has 0 spiro atoms. The fourth-order valence-corrected chi connectivity index (χ4v) is 3.10. The van der Waals surface area contributed by atoms with Crippen LogP contribution in [0.5, 0.6) is 0 Å². The number of rotatable bonds is 1. The highest BCUT2D eigenvalue weighted by Gasteiger charge is 2.32. The molecule has 2 aromatic rings. The summed E-state index contributed by atoms with van der Waals surface area (Å²) in [6.45, 7) is 0. The summed E-state index contributed by atoms with van der Waals surface area (Å²) >= 11 is 0. The number of fused-ring (bicyclic) bond motifs is 1. The monoisotopic (exact) mass is 327 g/mol. The van der Waals surface area contributed by atoms with Crippen molar-refractivity contribution in [2.75, 3.05) is 0 Å².